The molecule has 2 atom stereocenters. The maximum Gasteiger partial charge on any atom is 0.249 e. The number of nitrogens with one attached hydrogen (secondary N) is 1. The van der Waals surface area contributed by atoms with Crippen molar-refractivity contribution < 1.29 is 4.79 Å². The van der Waals surface area contributed by atoms with Crippen molar-refractivity contribution in [2.75, 3.05) is 26.2 Å². The Kier molecular flexibility index (Phi) is 3.06. The molecule has 1 aromatic carbocycles. The van der Waals surface area contributed by atoms with Gasteiger partial charge < -0.3 is 11.1 Å². The maximum absolute atomic E-state index is 11.4. The minimum atomic E-state index is -0.327. The second-order valence-electron chi connectivity index (χ2n) is 5.39. The van der Waals surface area contributed by atoms with E-state index in [0.717, 1.165) is 50.1 Å². The van der Waals surface area contributed by atoms with Crippen molar-refractivity contribution in [3.05, 3.63) is 35.4 Å². The number of fused-ring (bicyclic) bond motifs is 1. The summed E-state index contributed by atoms with van der Waals surface area (Å²) in [6, 6.07) is 7.66. The van der Waals surface area contributed by atoms with Gasteiger partial charge in [0.05, 0.1) is 0 Å². The van der Waals surface area contributed by atoms with Crippen molar-refractivity contribution >= 4 is 5.91 Å². The topological polar surface area (TPSA) is 58.4 Å². The van der Waals surface area contributed by atoms with E-state index in [2.05, 4.69) is 10.2 Å². The quantitative estimate of drug-likeness (QED) is 0.812. The molecule has 3 N–H and O–H groups in total. The van der Waals surface area contributed by atoms with Crippen LogP contribution < -0.4 is 11.1 Å². The van der Waals surface area contributed by atoms with Crippen LogP contribution in [0.3, 0.4) is 0 Å². The van der Waals surface area contributed by atoms with Gasteiger partial charge in [-0.05, 0) is 36.6 Å². The number of nitrogens with two attached hydrogens (primary N) is 1. The maximum atomic E-state index is 11.4. The molecule has 4 nitrogen and oxygen atoms in total. The number of benzene rings is 1. The molecule has 2 heterocycles. The number of nitrogens with zero attached hydrogens (tertiary/aromatic N) is 1. The predicted molar refractivity (Wildman–Crippen MR) is 70.1 cm³/mol. The summed E-state index contributed by atoms with van der Waals surface area (Å²) in [5.41, 5.74) is 7.13. The SMILES string of the molecule is NC(=O)c1ccccc1CN1C[C@H]2CNC[C@H]2C1. The second-order valence-corrected chi connectivity index (χ2v) is 5.39. The zero-order valence-electron chi connectivity index (χ0n) is 10.4. The zero-order valence-corrected chi connectivity index (χ0v) is 10.4. The molecular formula is C14H19N3O. The van der Waals surface area contributed by atoms with Gasteiger partial charge in [-0.2, -0.15) is 0 Å². The van der Waals surface area contributed by atoms with Crippen LogP contribution >= 0.6 is 0 Å². The Morgan fingerprint density at radius 1 is 1.28 bits per heavy atom. The van der Waals surface area contributed by atoms with E-state index in [1.807, 2.05) is 24.3 Å². The Hall–Kier alpha value is -1.39. The lowest BCUT2D eigenvalue weighted by atomic mass is 10.0. The summed E-state index contributed by atoms with van der Waals surface area (Å²) in [5.74, 6) is 1.24. The molecule has 0 aliphatic carbocycles. The average molecular weight is 245 g/mol. The van der Waals surface area contributed by atoms with Gasteiger partial charge in [0.25, 0.3) is 0 Å². The van der Waals surface area contributed by atoms with Crippen LogP contribution in [0, 0.1) is 11.8 Å². The van der Waals surface area contributed by atoms with Gasteiger partial charge in [0.15, 0.2) is 0 Å². The van der Waals surface area contributed by atoms with Crippen LogP contribution in [0.4, 0.5) is 0 Å². The first-order valence-corrected chi connectivity index (χ1v) is 6.55. The summed E-state index contributed by atoms with van der Waals surface area (Å²) in [6.45, 7) is 5.37. The molecule has 1 amide bonds. The van der Waals surface area contributed by atoms with Crippen LogP contribution in [-0.2, 0) is 6.54 Å². The fourth-order valence-electron chi connectivity index (χ4n) is 3.22. The molecular weight excluding hydrogens is 226 g/mol. The highest BCUT2D eigenvalue weighted by molar-refractivity contribution is 5.94. The summed E-state index contributed by atoms with van der Waals surface area (Å²) >= 11 is 0. The highest BCUT2D eigenvalue weighted by Gasteiger charge is 2.35. The van der Waals surface area contributed by atoms with Crippen LogP contribution in [0.15, 0.2) is 24.3 Å². The van der Waals surface area contributed by atoms with Crippen molar-refractivity contribution in [3.8, 4) is 0 Å². The first-order valence-electron chi connectivity index (χ1n) is 6.55. The number of carbonyl (C=O) groups is 1. The Morgan fingerprint density at radius 2 is 1.94 bits per heavy atom. The van der Waals surface area contributed by atoms with Gasteiger partial charge in [-0.15, -0.1) is 0 Å². The number of rotatable bonds is 3. The van der Waals surface area contributed by atoms with E-state index in [1.165, 1.54) is 0 Å². The lowest BCUT2D eigenvalue weighted by Crippen LogP contribution is -2.26. The standard InChI is InChI=1S/C14H19N3O/c15-14(18)13-4-2-1-3-10(13)7-17-8-11-5-16-6-12(11)9-17/h1-4,11-12,16H,5-9H2,(H2,15,18)/t11-,12+. The second kappa shape index (κ2) is 4.71. The van der Waals surface area contributed by atoms with Crippen LogP contribution in [0.2, 0.25) is 0 Å². The van der Waals surface area contributed by atoms with Gasteiger partial charge in [0, 0.05) is 25.2 Å². The molecule has 0 bridgehead atoms. The van der Waals surface area contributed by atoms with E-state index in [9.17, 15) is 4.79 Å². The van der Waals surface area contributed by atoms with Crippen molar-refractivity contribution in [3.63, 3.8) is 0 Å². The first-order chi connectivity index (χ1) is 8.74. The minimum absolute atomic E-state index is 0.327. The van der Waals surface area contributed by atoms with Crippen LogP contribution in [0.1, 0.15) is 15.9 Å². The molecule has 1 aromatic rings. The zero-order chi connectivity index (χ0) is 12.5. The highest BCUT2D eigenvalue weighted by Crippen LogP contribution is 2.27. The van der Waals surface area contributed by atoms with Crippen molar-refractivity contribution in [1.82, 2.24) is 10.2 Å². The fraction of sp³-hybridized carbons (Fsp3) is 0.500. The molecule has 2 aliphatic rings. The van der Waals surface area contributed by atoms with Crippen LogP contribution in [0.5, 0.6) is 0 Å². The third-order valence-corrected chi connectivity index (χ3v) is 4.14. The molecule has 2 saturated heterocycles. The molecule has 4 heteroatoms. The fourth-order valence-corrected chi connectivity index (χ4v) is 3.22. The molecule has 2 fully saturated rings. The average Bonchev–Trinajstić information content (AvgIpc) is 2.90. The Labute approximate surface area is 107 Å². The van der Waals surface area contributed by atoms with Crippen molar-refractivity contribution in [1.29, 1.82) is 0 Å². The number of carbonyl (C=O) groups excluding carboxylic acids is 1. The van der Waals surface area contributed by atoms with E-state index in [1.54, 1.807) is 0 Å². The van der Waals surface area contributed by atoms with Crippen LogP contribution in [0.25, 0.3) is 0 Å². The normalized spacial score (nSPS) is 27.3. The number of likely N-dealkylation sites (tertiary alicyclic amines) is 1. The number of hydrogen-bond acceptors (Lipinski definition) is 3. The number of amides is 1. The van der Waals surface area contributed by atoms with E-state index >= 15 is 0 Å². The van der Waals surface area contributed by atoms with Gasteiger partial charge in [-0.3, -0.25) is 9.69 Å². The number of primary amides is 1. The molecule has 0 saturated carbocycles. The largest absolute Gasteiger partial charge is 0.366 e. The van der Waals surface area contributed by atoms with Gasteiger partial charge in [0.1, 0.15) is 0 Å². The molecule has 0 radical (unpaired) electrons. The van der Waals surface area contributed by atoms with Gasteiger partial charge >= 0.3 is 0 Å². The summed E-state index contributed by atoms with van der Waals surface area (Å²) in [5, 5.41) is 3.44. The molecule has 0 unspecified atom stereocenters. The lowest BCUT2D eigenvalue weighted by molar-refractivity contribution is 0.0998. The smallest absolute Gasteiger partial charge is 0.249 e. The van der Waals surface area contributed by atoms with Crippen LogP contribution in [-0.4, -0.2) is 37.0 Å². The molecule has 96 valence electrons. The van der Waals surface area contributed by atoms with Gasteiger partial charge in [-0.1, -0.05) is 18.2 Å². The van der Waals surface area contributed by atoms with E-state index in [0.29, 0.717) is 5.56 Å². The summed E-state index contributed by atoms with van der Waals surface area (Å²) in [6.07, 6.45) is 0. The first kappa shape index (κ1) is 11.7. The summed E-state index contributed by atoms with van der Waals surface area (Å²) < 4.78 is 0. The molecule has 2 aliphatic heterocycles. The summed E-state index contributed by atoms with van der Waals surface area (Å²) in [4.78, 5) is 13.8. The molecule has 18 heavy (non-hydrogen) atoms. The van der Waals surface area contributed by atoms with E-state index < -0.39 is 0 Å². The van der Waals surface area contributed by atoms with Gasteiger partial charge in [-0.25, -0.2) is 0 Å². The Morgan fingerprint density at radius 3 is 2.61 bits per heavy atom. The van der Waals surface area contributed by atoms with Gasteiger partial charge in [0.2, 0.25) is 5.91 Å². The molecule has 3 rings (SSSR count). The Balaban J connectivity index is 1.72. The summed E-state index contributed by atoms with van der Waals surface area (Å²) in [7, 11) is 0. The van der Waals surface area contributed by atoms with E-state index in [4.69, 9.17) is 5.73 Å². The molecule has 0 spiro atoms. The molecule has 0 aromatic heterocycles. The number of hydrogen-bond donors (Lipinski definition) is 2. The van der Waals surface area contributed by atoms with Crippen molar-refractivity contribution in [2.24, 2.45) is 17.6 Å². The van der Waals surface area contributed by atoms with Crippen molar-refractivity contribution in [2.45, 2.75) is 6.54 Å². The minimum Gasteiger partial charge on any atom is -0.366 e. The Bertz CT molecular complexity index is 448. The highest BCUT2D eigenvalue weighted by atomic mass is 16.1. The third kappa shape index (κ3) is 2.13. The lowest BCUT2D eigenvalue weighted by Gasteiger charge is -2.18. The third-order valence-electron chi connectivity index (χ3n) is 4.14. The van der Waals surface area contributed by atoms with E-state index in [-0.39, 0.29) is 5.91 Å². The predicted octanol–water partition coefficient (Wildman–Crippen LogP) is 0.437. The monoisotopic (exact) mass is 245 g/mol.